The van der Waals surface area contributed by atoms with E-state index in [1.807, 2.05) is 0 Å². The Hall–Kier alpha value is -0.470. The van der Waals surface area contributed by atoms with Crippen LogP contribution in [0.4, 0.5) is 4.39 Å². The van der Waals surface area contributed by atoms with Gasteiger partial charge in [-0.3, -0.25) is 0 Å². The van der Waals surface area contributed by atoms with Gasteiger partial charge in [0, 0.05) is 6.07 Å². The topological polar surface area (TPSA) is 20.2 Å². The van der Waals surface area contributed by atoms with Crippen molar-refractivity contribution < 1.29 is 9.50 Å². The fourth-order valence-corrected chi connectivity index (χ4v) is 1.06. The average Bonchev–Trinajstić information content (AvgIpc) is 1.97. The standard InChI is InChI=1S/C7H5Cl2FO/c1-3-6(8)4(10)2-5(11)7(3)9/h2,11H,1H3. The minimum atomic E-state index is -0.661. The van der Waals surface area contributed by atoms with Gasteiger partial charge >= 0.3 is 0 Å². The zero-order valence-electron chi connectivity index (χ0n) is 5.66. The van der Waals surface area contributed by atoms with E-state index in [1.54, 1.807) is 0 Å². The van der Waals surface area contributed by atoms with Crippen LogP contribution in [0.1, 0.15) is 5.56 Å². The molecule has 0 saturated heterocycles. The van der Waals surface area contributed by atoms with Crippen molar-refractivity contribution in [3.05, 3.63) is 27.5 Å². The molecule has 0 aliphatic rings. The van der Waals surface area contributed by atoms with E-state index < -0.39 is 5.82 Å². The van der Waals surface area contributed by atoms with E-state index >= 15 is 0 Å². The van der Waals surface area contributed by atoms with E-state index in [0.29, 0.717) is 5.56 Å². The normalized spacial score (nSPS) is 10.2. The van der Waals surface area contributed by atoms with Crippen LogP contribution in [-0.4, -0.2) is 5.11 Å². The Kier molecular flexibility index (Phi) is 2.25. The second-order valence-corrected chi connectivity index (χ2v) is 2.89. The SMILES string of the molecule is Cc1c(Cl)c(O)cc(F)c1Cl. The maximum atomic E-state index is 12.7. The Bertz CT molecular complexity index is 273. The molecule has 0 aromatic heterocycles. The van der Waals surface area contributed by atoms with Crippen LogP contribution < -0.4 is 0 Å². The summed E-state index contributed by atoms with van der Waals surface area (Å²) in [5, 5.41) is 9.02. The van der Waals surface area contributed by atoms with E-state index in [9.17, 15) is 4.39 Å². The first kappa shape index (κ1) is 8.62. The first-order valence-corrected chi connectivity index (χ1v) is 3.62. The zero-order valence-corrected chi connectivity index (χ0v) is 7.17. The highest BCUT2D eigenvalue weighted by atomic mass is 35.5. The summed E-state index contributed by atoms with van der Waals surface area (Å²) >= 11 is 11.0. The fourth-order valence-electron chi connectivity index (χ4n) is 0.714. The van der Waals surface area contributed by atoms with Crippen molar-refractivity contribution >= 4 is 23.2 Å². The third-order valence-electron chi connectivity index (χ3n) is 1.36. The first-order chi connectivity index (χ1) is 5.04. The molecule has 1 aromatic carbocycles. The lowest BCUT2D eigenvalue weighted by Gasteiger charge is -2.03. The van der Waals surface area contributed by atoms with Gasteiger partial charge in [-0.15, -0.1) is 0 Å². The van der Waals surface area contributed by atoms with Crippen molar-refractivity contribution in [2.45, 2.75) is 6.92 Å². The summed E-state index contributed by atoms with van der Waals surface area (Å²) < 4.78 is 12.7. The van der Waals surface area contributed by atoms with Crippen molar-refractivity contribution in [3.8, 4) is 5.75 Å². The van der Waals surface area contributed by atoms with Crippen LogP contribution in [0.2, 0.25) is 10.0 Å². The van der Waals surface area contributed by atoms with E-state index in [4.69, 9.17) is 28.3 Å². The molecule has 0 fully saturated rings. The van der Waals surface area contributed by atoms with E-state index in [1.165, 1.54) is 6.92 Å². The lowest BCUT2D eigenvalue weighted by atomic mass is 10.2. The Labute approximate surface area is 73.4 Å². The lowest BCUT2D eigenvalue weighted by molar-refractivity contribution is 0.469. The Balaban J connectivity index is 3.46. The summed E-state index contributed by atoms with van der Waals surface area (Å²) in [6.45, 7) is 1.54. The average molecular weight is 195 g/mol. The highest BCUT2D eigenvalue weighted by Crippen LogP contribution is 2.33. The smallest absolute Gasteiger partial charge is 0.145 e. The second kappa shape index (κ2) is 2.88. The molecule has 0 heterocycles. The van der Waals surface area contributed by atoms with Crippen molar-refractivity contribution in [1.29, 1.82) is 0 Å². The first-order valence-electron chi connectivity index (χ1n) is 2.87. The maximum Gasteiger partial charge on any atom is 0.145 e. The number of hydrogen-bond donors (Lipinski definition) is 1. The summed E-state index contributed by atoms with van der Waals surface area (Å²) in [4.78, 5) is 0. The molecule has 0 unspecified atom stereocenters. The summed E-state index contributed by atoms with van der Waals surface area (Å²) in [6.07, 6.45) is 0. The van der Waals surface area contributed by atoms with Crippen molar-refractivity contribution in [3.63, 3.8) is 0 Å². The zero-order chi connectivity index (χ0) is 8.59. The number of aromatic hydroxyl groups is 1. The van der Waals surface area contributed by atoms with Gasteiger partial charge in [0.05, 0.1) is 10.0 Å². The molecule has 0 aliphatic carbocycles. The highest BCUT2D eigenvalue weighted by molar-refractivity contribution is 6.36. The Morgan fingerprint density at radius 3 is 2.45 bits per heavy atom. The quantitative estimate of drug-likeness (QED) is 0.630. The monoisotopic (exact) mass is 194 g/mol. The second-order valence-electron chi connectivity index (χ2n) is 2.13. The third-order valence-corrected chi connectivity index (χ3v) is 2.30. The van der Waals surface area contributed by atoms with E-state index in [2.05, 4.69) is 0 Å². The molecule has 11 heavy (non-hydrogen) atoms. The van der Waals surface area contributed by atoms with Crippen molar-refractivity contribution in [1.82, 2.24) is 0 Å². The predicted molar refractivity (Wildman–Crippen MR) is 42.8 cm³/mol. The molecular formula is C7H5Cl2FO. The van der Waals surface area contributed by atoms with Gasteiger partial charge in [0.1, 0.15) is 11.6 Å². The summed E-state index contributed by atoms with van der Waals surface area (Å²) in [6, 6.07) is 0.887. The molecule has 0 atom stereocenters. The van der Waals surface area contributed by atoms with Gasteiger partial charge in [-0.2, -0.15) is 0 Å². The molecule has 4 heteroatoms. The Morgan fingerprint density at radius 1 is 1.36 bits per heavy atom. The van der Waals surface area contributed by atoms with E-state index in [-0.39, 0.29) is 15.8 Å². The molecule has 0 radical (unpaired) electrons. The van der Waals surface area contributed by atoms with Gasteiger partial charge in [0.15, 0.2) is 0 Å². The molecule has 0 saturated carbocycles. The van der Waals surface area contributed by atoms with E-state index in [0.717, 1.165) is 6.07 Å². The largest absolute Gasteiger partial charge is 0.506 e. The maximum absolute atomic E-state index is 12.7. The number of hydrogen-bond acceptors (Lipinski definition) is 1. The minimum Gasteiger partial charge on any atom is -0.506 e. The van der Waals surface area contributed by atoms with Crippen LogP contribution in [0.5, 0.6) is 5.75 Å². The van der Waals surface area contributed by atoms with Gasteiger partial charge in [-0.05, 0) is 12.5 Å². The molecular weight excluding hydrogens is 190 g/mol. The Morgan fingerprint density at radius 2 is 1.91 bits per heavy atom. The molecule has 0 bridgehead atoms. The number of phenols is 1. The molecule has 0 aliphatic heterocycles. The van der Waals surface area contributed by atoms with Gasteiger partial charge in [0.2, 0.25) is 0 Å². The summed E-state index contributed by atoms with van der Waals surface area (Å²) in [5.41, 5.74) is 0.353. The van der Waals surface area contributed by atoms with Crippen LogP contribution in [0.3, 0.4) is 0 Å². The number of halogens is 3. The minimum absolute atomic E-state index is 0.0483. The molecule has 1 N–H and O–H groups in total. The van der Waals surface area contributed by atoms with Crippen LogP contribution in [0.25, 0.3) is 0 Å². The molecule has 1 rings (SSSR count). The molecule has 0 amide bonds. The van der Waals surface area contributed by atoms with Crippen LogP contribution in [0, 0.1) is 12.7 Å². The highest BCUT2D eigenvalue weighted by Gasteiger charge is 2.10. The third kappa shape index (κ3) is 1.42. The van der Waals surface area contributed by atoms with Gasteiger partial charge in [-0.25, -0.2) is 4.39 Å². The molecule has 0 spiro atoms. The van der Waals surface area contributed by atoms with Gasteiger partial charge in [-0.1, -0.05) is 23.2 Å². The number of rotatable bonds is 0. The van der Waals surface area contributed by atoms with Crippen LogP contribution >= 0.6 is 23.2 Å². The van der Waals surface area contributed by atoms with Crippen LogP contribution in [-0.2, 0) is 0 Å². The van der Waals surface area contributed by atoms with Gasteiger partial charge in [0.25, 0.3) is 0 Å². The number of benzene rings is 1. The van der Waals surface area contributed by atoms with Crippen molar-refractivity contribution in [2.75, 3.05) is 0 Å². The predicted octanol–water partition coefficient (Wildman–Crippen LogP) is 3.15. The van der Waals surface area contributed by atoms with Crippen LogP contribution in [0.15, 0.2) is 6.07 Å². The lowest BCUT2D eigenvalue weighted by Crippen LogP contribution is -1.83. The fraction of sp³-hybridized carbons (Fsp3) is 0.143. The molecule has 1 aromatic rings. The number of phenolic OH excluding ortho intramolecular Hbond substituents is 1. The van der Waals surface area contributed by atoms with Crippen molar-refractivity contribution in [2.24, 2.45) is 0 Å². The molecule has 1 nitrogen and oxygen atoms in total. The van der Waals surface area contributed by atoms with Gasteiger partial charge < -0.3 is 5.11 Å². The molecule has 60 valence electrons. The summed E-state index contributed by atoms with van der Waals surface area (Å²) in [7, 11) is 0. The summed E-state index contributed by atoms with van der Waals surface area (Å²) in [5.74, 6) is -0.947.